The van der Waals surface area contributed by atoms with Crippen LogP contribution in [0.3, 0.4) is 0 Å². The van der Waals surface area contributed by atoms with Gasteiger partial charge in [0.05, 0.1) is 21.3 Å². The summed E-state index contributed by atoms with van der Waals surface area (Å²) in [6.45, 7) is 7.21. The molecule has 0 saturated carbocycles. The number of aryl methyl sites for hydroxylation is 1. The molecule has 1 aromatic heterocycles. The lowest BCUT2D eigenvalue weighted by molar-refractivity contribution is -0.645. The van der Waals surface area contributed by atoms with E-state index in [9.17, 15) is 0 Å². The third kappa shape index (κ3) is 2.12. The Morgan fingerprint density at radius 1 is 1.20 bits per heavy atom. The molecule has 0 bridgehead atoms. The van der Waals surface area contributed by atoms with E-state index in [1.165, 1.54) is 17.2 Å². The third-order valence-electron chi connectivity index (χ3n) is 2.53. The molecule has 0 aliphatic heterocycles. The average Bonchev–Trinajstić information content (AvgIpc) is 2.42. The number of imidazole rings is 1. The van der Waals surface area contributed by atoms with Gasteiger partial charge in [0.2, 0.25) is 6.33 Å². The van der Waals surface area contributed by atoms with E-state index in [1.54, 1.807) is 0 Å². The Morgan fingerprint density at radius 3 is 2.53 bits per heavy atom. The summed E-state index contributed by atoms with van der Waals surface area (Å²) in [7, 11) is 1.06. The van der Waals surface area contributed by atoms with Crippen LogP contribution in [0.2, 0.25) is 19.6 Å². The number of aromatic nitrogens is 2. The molecule has 1 heterocycles. The van der Waals surface area contributed by atoms with E-state index >= 15 is 0 Å². The fourth-order valence-corrected chi connectivity index (χ4v) is 3.25. The largest absolute Gasteiger partial charge is 0.244 e. The SMILES string of the molecule is C[n+]1cn(C[Si](C)(C)C)c2ccccc21. The second-order valence-corrected chi connectivity index (χ2v) is 10.8. The van der Waals surface area contributed by atoms with Gasteiger partial charge >= 0.3 is 0 Å². The van der Waals surface area contributed by atoms with Crippen molar-refractivity contribution in [1.82, 2.24) is 4.57 Å². The van der Waals surface area contributed by atoms with Gasteiger partial charge in [-0.1, -0.05) is 31.8 Å². The standard InChI is InChI=1S/C12H19N2Si/c1-13-9-14(10-15(2,3)4)12-8-6-5-7-11(12)13/h5-9H,10H2,1-4H3/q+1. The number of benzene rings is 1. The van der Waals surface area contributed by atoms with Crippen LogP contribution in [0.4, 0.5) is 0 Å². The van der Waals surface area contributed by atoms with Crippen LogP contribution in [0.5, 0.6) is 0 Å². The Hall–Kier alpha value is -1.09. The van der Waals surface area contributed by atoms with E-state index in [-0.39, 0.29) is 0 Å². The van der Waals surface area contributed by atoms with Crippen molar-refractivity contribution in [2.24, 2.45) is 7.05 Å². The minimum atomic E-state index is -1.05. The van der Waals surface area contributed by atoms with Crippen LogP contribution < -0.4 is 4.57 Å². The summed E-state index contributed by atoms with van der Waals surface area (Å²) in [5.41, 5.74) is 2.66. The predicted octanol–water partition coefficient (Wildman–Crippen LogP) is 2.34. The van der Waals surface area contributed by atoms with E-state index in [4.69, 9.17) is 0 Å². The highest BCUT2D eigenvalue weighted by Crippen LogP contribution is 2.13. The average molecular weight is 219 g/mol. The number of fused-ring (bicyclic) bond motifs is 1. The number of para-hydroxylation sites is 2. The highest BCUT2D eigenvalue weighted by Gasteiger charge is 2.21. The van der Waals surface area contributed by atoms with Crippen molar-refractivity contribution in [3.05, 3.63) is 30.6 Å². The van der Waals surface area contributed by atoms with Gasteiger partial charge in [0.25, 0.3) is 0 Å². The highest BCUT2D eigenvalue weighted by atomic mass is 28.3. The quantitative estimate of drug-likeness (QED) is 0.541. The summed E-state index contributed by atoms with van der Waals surface area (Å²) in [6, 6.07) is 8.59. The molecule has 15 heavy (non-hydrogen) atoms. The minimum Gasteiger partial charge on any atom is -0.233 e. The van der Waals surface area contributed by atoms with Gasteiger partial charge < -0.3 is 0 Å². The topological polar surface area (TPSA) is 8.81 Å². The maximum Gasteiger partial charge on any atom is 0.244 e. The van der Waals surface area contributed by atoms with E-state index in [0.29, 0.717) is 0 Å². The summed E-state index contributed by atoms with van der Waals surface area (Å²) in [4.78, 5) is 0. The first-order valence-electron chi connectivity index (χ1n) is 5.41. The first-order chi connectivity index (χ1) is 6.97. The van der Waals surface area contributed by atoms with E-state index in [1.807, 2.05) is 0 Å². The van der Waals surface area contributed by atoms with Crippen molar-refractivity contribution in [3.8, 4) is 0 Å². The lowest BCUT2D eigenvalue weighted by Crippen LogP contribution is -2.30. The predicted molar refractivity (Wildman–Crippen MR) is 66.5 cm³/mol. The normalized spacial score (nSPS) is 12.3. The highest BCUT2D eigenvalue weighted by molar-refractivity contribution is 6.75. The Morgan fingerprint density at radius 2 is 1.87 bits per heavy atom. The summed E-state index contributed by atoms with van der Waals surface area (Å²) in [5, 5.41) is 0. The molecular formula is C12H19N2Si+. The summed E-state index contributed by atoms with van der Waals surface area (Å²) in [5.74, 6) is 0. The van der Waals surface area contributed by atoms with Crippen molar-refractivity contribution < 1.29 is 4.57 Å². The van der Waals surface area contributed by atoms with Gasteiger partial charge in [0.1, 0.15) is 0 Å². The van der Waals surface area contributed by atoms with Crippen LogP contribution in [-0.4, -0.2) is 12.6 Å². The smallest absolute Gasteiger partial charge is 0.233 e. The lowest BCUT2D eigenvalue weighted by Gasteiger charge is -2.12. The molecule has 0 spiro atoms. The molecule has 0 aliphatic carbocycles. The summed E-state index contributed by atoms with van der Waals surface area (Å²) in [6.07, 6.45) is 3.40. The second-order valence-electron chi connectivity index (χ2n) is 5.40. The molecule has 0 radical (unpaired) electrons. The second kappa shape index (κ2) is 3.49. The Kier molecular flexibility index (Phi) is 2.42. The van der Waals surface area contributed by atoms with E-state index < -0.39 is 8.07 Å². The molecule has 1 aromatic carbocycles. The molecule has 0 atom stereocenters. The number of rotatable bonds is 2. The van der Waals surface area contributed by atoms with Crippen LogP contribution in [-0.2, 0) is 13.2 Å². The molecular weight excluding hydrogens is 200 g/mol. The zero-order valence-electron chi connectivity index (χ0n) is 9.99. The molecule has 0 N–H and O–H groups in total. The number of hydrogen-bond acceptors (Lipinski definition) is 0. The molecule has 0 saturated heterocycles. The number of nitrogens with zero attached hydrogens (tertiary/aromatic N) is 2. The van der Waals surface area contributed by atoms with E-state index in [2.05, 4.69) is 66.4 Å². The summed E-state index contributed by atoms with van der Waals surface area (Å²) >= 11 is 0. The molecule has 3 heteroatoms. The van der Waals surface area contributed by atoms with Crippen LogP contribution >= 0.6 is 0 Å². The van der Waals surface area contributed by atoms with Crippen LogP contribution in [0.15, 0.2) is 30.6 Å². The van der Waals surface area contributed by atoms with Crippen LogP contribution in [0.25, 0.3) is 11.0 Å². The maximum atomic E-state index is 2.40. The van der Waals surface area contributed by atoms with Crippen molar-refractivity contribution in [2.75, 3.05) is 0 Å². The summed E-state index contributed by atoms with van der Waals surface area (Å²) < 4.78 is 4.59. The molecule has 0 fully saturated rings. The van der Waals surface area contributed by atoms with Gasteiger partial charge in [-0.3, -0.25) is 0 Å². The first kappa shape index (κ1) is 10.4. The van der Waals surface area contributed by atoms with Crippen LogP contribution in [0, 0.1) is 0 Å². The van der Waals surface area contributed by atoms with Crippen molar-refractivity contribution in [2.45, 2.75) is 25.8 Å². The maximum absolute atomic E-state index is 2.40. The van der Waals surface area contributed by atoms with Gasteiger partial charge in [-0.25, -0.2) is 9.13 Å². The van der Waals surface area contributed by atoms with Gasteiger partial charge in [0.15, 0.2) is 11.0 Å². The van der Waals surface area contributed by atoms with Gasteiger partial charge in [-0.05, 0) is 12.1 Å². The van der Waals surface area contributed by atoms with Gasteiger partial charge in [-0.15, -0.1) is 0 Å². The van der Waals surface area contributed by atoms with Gasteiger partial charge in [-0.2, -0.15) is 0 Å². The number of hydrogen-bond donors (Lipinski definition) is 0. The Bertz CT molecular complexity index is 480. The Labute approximate surface area is 92.2 Å². The molecule has 0 aliphatic rings. The lowest BCUT2D eigenvalue weighted by atomic mass is 10.3. The molecule has 0 unspecified atom stereocenters. The third-order valence-corrected chi connectivity index (χ3v) is 3.82. The Balaban J connectivity index is 2.53. The van der Waals surface area contributed by atoms with Crippen molar-refractivity contribution in [1.29, 1.82) is 0 Å². The molecule has 2 nitrogen and oxygen atoms in total. The molecule has 80 valence electrons. The van der Waals surface area contributed by atoms with Crippen molar-refractivity contribution >= 4 is 19.1 Å². The monoisotopic (exact) mass is 219 g/mol. The van der Waals surface area contributed by atoms with E-state index in [0.717, 1.165) is 0 Å². The fourth-order valence-electron chi connectivity index (χ4n) is 1.98. The van der Waals surface area contributed by atoms with Crippen LogP contribution in [0.1, 0.15) is 0 Å². The minimum absolute atomic E-state index is 1.05. The zero-order chi connectivity index (χ0) is 11.1. The first-order valence-corrected chi connectivity index (χ1v) is 9.12. The molecule has 2 rings (SSSR count). The van der Waals surface area contributed by atoms with Gasteiger partial charge in [0, 0.05) is 0 Å². The fraction of sp³-hybridized carbons (Fsp3) is 0.417. The molecule has 0 amide bonds. The molecule has 2 aromatic rings. The zero-order valence-corrected chi connectivity index (χ0v) is 11.0. The van der Waals surface area contributed by atoms with Crippen molar-refractivity contribution in [3.63, 3.8) is 0 Å².